The molecule has 0 fully saturated rings. The van der Waals surface area contributed by atoms with Crippen LogP contribution in [0.5, 0.6) is 0 Å². The first-order valence-electron chi connectivity index (χ1n) is 5.05. The molecule has 3 heteroatoms. The molecule has 1 aromatic carbocycles. The van der Waals surface area contributed by atoms with Gasteiger partial charge >= 0.3 is 5.97 Å². The van der Waals surface area contributed by atoms with Crippen LogP contribution in [0.2, 0.25) is 0 Å². The van der Waals surface area contributed by atoms with Gasteiger partial charge in [0.15, 0.2) is 0 Å². The zero-order chi connectivity index (χ0) is 12.2. The Hall–Kier alpha value is -1.64. The van der Waals surface area contributed by atoms with Crippen LogP contribution in [-0.4, -0.2) is 19.4 Å². The third-order valence-electron chi connectivity index (χ3n) is 2.30. The molecular formula is C13H15O3. The molecule has 3 nitrogen and oxygen atoms in total. The molecule has 16 heavy (non-hydrogen) atoms. The van der Waals surface area contributed by atoms with E-state index < -0.39 is 5.41 Å². The molecule has 0 aliphatic heterocycles. The maximum Gasteiger partial charge on any atom is 0.337 e. The van der Waals surface area contributed by atoms with Gasteiger partial charge in [-0.15, -0.1) is 0 Å². The van der Waals surface area contributed by atoms with Gasteiger partial charge in [0, 0.05) is 5.41 Å². The number of hydrogen-bond acceptors (Lipinski definition) is 3. The number of carbonyl (C=O) groups excluding carboxylic acids is 2. The molecule has 0 saturated heterocycles. The van der Waals surface area contributed by atoms with E-state index >= 15 is 0 Å². The first kappa shape index (κ1) is 12.4. The van der Waals surface area contributed by atoms with E-state index in [9.17, 15) is 9.59 Å². The van der Waals surface area contributed by atoms with E-state index in [1.54, 1.807) is 12.1 Å². The fourth-order valence-corrected chi connectivity index (χ4v) is 1.42. The summed E-state index contributed by atoms with van der Waals surface area (Å²) in [5.41, 5.74) is 1.02. The molecule has 0 aromatic heterocycles. The summed E-state index contributed by atoms with van der Waals surface area (Å²) in [6.07, 6.45) is 2.61. The first-order chi connectivity index (χ1) is 7.48. The Morgan fingerprint density at radius 3 is 2.31 bits per heavy atom. The van der Waals surface area contributed by atoms with Crippen LogP contribution in [0.3, 0.4) is 0 Å². The number of rotatable bonds is 4. The molecule has 1 aromatic rings. The van der Waals surface area contributed by atoms with Gasteiger partial charge in [-0.05, 0) is 24.1 Å². The van der Waals surface area contributed by atoms with Gasteiger partial charge in [0.2, 0.25) is 6.29 Å². The average molecular weight is 219 g/mol. The van der Waals surface area contributed by atoms with Crippen LogP contribution in [0, 0.1) is 5.41 Å². The predicted octanol–water partition coefficient (Wildman–Crippen LogP) is 2.15. The van der Waals surface area contributed by atoms with Crippen LogP contribution in [0.15, 0.2) is 24.3 Å². The van der Waals surface area contributed by atoms with Crippen molar-refractivity contribution in [2.45, 2.75) is 20.3 Å². The minimum absolute atomic E-state index is 0.354. The zero-order valence-corrected chi connectivity index (χ0v) is 9.74. The van der Waals surface area contributed by atoms with E-state index in [0.29, 0.717) is 12.0 Å². The summed E-state index contributed by atoms with van der Waals surface area (Å²) in [6, 6.07) is 7.04. The highest BCUT2D eigenvalue weighted by molar-refractivity contribution is 5.89. The van der Waals surface area contributed by atoms with Gasteiger partial charge in [-0.2, -0.15) is 0 Å². The first-order valence-corrected chi connectivity index (χ1v) is 5.05. The molecule has 1 rings (SSSR count). The quantitative estimate of drug-likeness (QED) is 0.729. The fourth-order valence-electron chi connectivity index (χ4n) is 1.42. The van der Waals surface area contributed by atoms with Crippen LogP contribution in [0.25, 0.3) is 0 Å². The smallest absolute Gasteiger partial charge is 0.337 e. The fraction of sp³-hybridized carbons (Fsp3) is 0.385. The molecule has 0 amide bonds. The molecular weight excluding hydrogens is 204 g/mol. The highest BCUT2D eigenvalue weighted by atomic mass is 16.5. The van der Waals surface area contributed by atoms with Crippen molar-refractivity contribution < 1.29 is 14.3 Å². The van der Waals surface area contributed by atoms with Crippen molar-refractivity contribution in [3.05, 3.63) is 35.4 Å². The van der Waals surface area contributed by atoms with Gasteiger partial charge in [0.1, 0.15) is 0 Å². The second-order valence-corrected chi connectivity index (χ2v) is 4.35. The monoisotopic (exact) mass is 219 g/mol. The van der Waals surface area contributed by atoms with E-state index in [1.807, 2.05) is 32.3 Å². The molecule has 0 spiro atoms. The summed E-state index contributed by atoms with van der Waals surface area (Å²) in [5.74, 6) is -0.354. The summed E-state index contributed by atoms with van der Waals surface area (Å²) in [6.45, 7) is 3.66. The Balaban J connectivity index is 2.79. The Morgan fingerprint density at radius 2 is 1.88 bits per heavy atom. The topological polar surface area (TPSA) is 43.4 Å². The molecule has 0 aliphatic carbocycles. The minimum atomic E-state index is -0.493. The van der Waals surface area contributed by atoms with Gasteiger partial charge in [0.25, 0.3) is 0 Å². The van der Waals surface area contributed by atoms with Crippen LogP contribution in [0.1, 0.15) is 29.8 Å². The lowest BCUT2D eigenvalue weighted by atomic mass is 9.87. The van der Waals surface area contributed by atoms with Crippen molar-refractivity contribution in [1.82, 2.24) is 0 Å². The third kappa shape index (κ3) is 3.19. The van der Waals surface area contributed by atoms with Gasteiger partial charge in [-0.1, -0.05) is 26.0 Å². The molecule has 0 saturated carbocycles. The number of ether oxygens (including phenoxy) is 1. The number of esters is 1. The second kappa shape index (κ2) is 4.92. The van der Waals surface area contributed by atoms with Crippen molar-refractivity contribution in [1.29, 1.82) is 0 Å². The van der Waals surface area contributed by atoms with Gasteiger partial charge in [-0.3, -0.25) is 4.79 Å². The molecule has 0 heterocycles. The van der Waals surface area contributed by atoms with E-state index in [1.165, 1.54) is 7.11 Å². The maximum absolute atomic E-state index is 11.2. The Kier molecular flexibility index (Phi) is 3.82. The summed E-state index contributed by atoms with van der Waals surface area (Å²) >= 11 is 0. The number of methoxy groups -OCH3 is 1. The molecule has 1 radical (unpaired) electrons. The molecule has 85 valence electrons. The molecule has 0 aliphatic rings. The van der Waals surface area contributed by atoms with E-state index in [2.05, 4.69) is 4.74 Å². The SMILES string of the molecule is COC(=O)c1ccc(CC(C)(C)[C]=O)cc1. The Morgan fingerprint density at radius 1 is 1.31 bits per heavy atom. The normalized spacial score (nSPS) is 10.9. The largest absolute Gasteiger partial charge is 0.465 e. The lowest BCUT2D eigenvalue weighted by molar-refractivity contribution is 0.0600. The summed E-state index contributed by atoms with van der Waals surface area (Å²) < 4.78 is 4.60. The molecule has 0 atom stereocenters. The number of carbonyl (C=O) groups is 1. The minimum Gasteiger partial charge on any atom is -0.465 e. The highest BCUT2D eigenvalue weighted by Crippen LogP contribution is 2.19. The number of hydrogen-bond donors (Lipinski definition) is 0. The van der Waals surface area contributed by atoms with Crippen molar-refractivity contribution >= 4 is 12.3 Å². The lowest BCUT2D eigenvalue weighted by Gasteiger charge is -2.15. The molecule has 0 bridgehead atoms. The second-order valence-electron chi connectivity index (χ2n) is 4.35. The maximum atomic E-state index is 11.2. The summed E-state index contributed by atoms with van der Waals surface area (Å²) in [7, 11) is 1.35. The van der Waals surface area contributed by atoms with Crippen LogP contribution in [-0.2, 0) is 16.0 Å². The third-order valence-corrected chi connectivity index (χ3v) is 2.30. The number of benzene rings is 1. The molecule has 0 N–H and O–H groups in total. The van der Waals surface area contributed by atoms with Crippen molar-refractivity contribution in [2.24, 2.45) is 5.41 Å². The van der Waals surface area contributed by atoms with Crippen molar-refractivity contribution in [3.63, 3.8) is 0 Å². The average Bonchev–Trinajstić information content (AvgIpc) is 2.28. The Bertz CT molecular complexity index is 377. The summed E-state index contributed by atoms with van der Waals surface area (Å²) in [5, 5.41) is 0. The van der Waals surface area contributed by atoms with E-state index in [0.717, 1.165) is 5.56 Å². The summed E-state index contributed by atoms with van der Waals surface area (Å²) in [4.78, 5) is 21.8. The van der Waals surface area contributed by atoms with Crippen molar-refractivity contribution in [3.8, 4) is 0 Å². The van der Waals surface area contributed by atoms with Crippen molar-refractivity contribution in [2.75, 3.05) is 7.11 Å². The van der Waals surface area contributed by atoms with Crippen LogP contribution in [0.4, 0.5) is 0 Å². The van der Waals surface area contributed by atoms with E-state index in [-0.39, 0.29) is 5.97 Å². The highest BCUT2D eigenvalue weighted by Gasteiger charge is 2.18. The predicted molar refractivity (Wildman–Crippen MR) is 61.0 cm³/mol. The van der Waals surface area contributed by atoms with Crippen LogP contribution >= 0.6 is 0 Å². The zero-order valence-electron chi connectivity index (χ0n) is 9.74. The Labute approximate surface area is 95.4 Å². The molecule has 0 unspecified atom stereocenters. The van der Waals surface area contributed by atoms with Crippen LogP contribution < -0.4 is 0 Å². The van der Waals surface area contributed by atoms with E-state index in [4.69, 9.17) is 0 Å². The van der Waals surface area contributed by atoms with Gasteiger partial charge in [0.05, 0.1) is 12.7 Å². The van der Waals surface area contributed by atoms with Gasteiger partial charge < -0.3 is 4.74 Å². The standard InChI is InChI=1S/C13H15O3/c1-13(2,9-14)8-10-4-6-11(7-5-10)12(15)16-3/h4-7H,8H2,1-3H3. The van der Waals surface area contributed by atoms with Gasteiger partial charge in [-0.25, -0.2) is 4.79 Å². The lowest BCUT2D eigenvalue weighted by Crippen LogP contribution is -2.16.